The Bertz CT molecular complexity index is 259. The van der Waals surface area contributed by atoms with Gasteiger partial charge in [-0.25, -0.2) is 0 Å². The van der Waals surface area contributed by atoms with Gasteiger partial charge < -0.3 is 25.7 Å². The van der Waals surface area contributed by atoms with Crippen molar-refractivity contribution in [1.29, 1.82) is 0 Å². The average Bonchev–Trinajstić information content (AvgIpc) is 2.38. The van der Waals surface area contributed by atoms with Crippen molar-refractivity contribution in [2.75, 3.05) is 33.5 Å². The van der Waals surface area contributed by atoms with E-state index >= 15 is 0 Å². The van der Waals surface area contributed by atoms with Crippen molar-refractivity contribution in [2.45, 2.75) is 19.8 Å². The van der Waals surface area contributed by atoms with Crippen LogP contribution in [0.1, 0.15) is 19.8 Å². The van der Waals surface area contributed by atoms with Crippen LogP contribution < -0.4 is 11.1 Å². The molecule has 7 heteroatoms. The Morgan fingerprint density at radius 2 is 2.17 bits per heavy atom. The minimum absolute atomic E-state index is 0.0605. The second-order valence-corrected chi connectivity index (χ2v) is 3.76. The second-order valence-electron chi connectivity index (χ2n) is 3.76. The SMILES string of the molecule is CCCC(C(=O)NCCOCCOC)C(N)=NO. The summed E-state index contributed by atoms with van der Waals surface area (Å²) in [5, 5.41) is 14.2. The largest absolute Gasteiger partial charge is 0.409 e. The number of hydrogen-bond acceptors (Lipinski definition) is 5. The Morgan fingerprint density at radius 3 is 2.72 bits per heavy atom. The molecule has 1 unspecified atom stereocenters. The number of hydrogen-bond donors (Lipinski definition) is 3. The first-order chi connectivity index (χ1) is 8.67. The first-order valence-corrected chi connectivity index (χ1v) is 5.99. The Morgan fingerprint density at radius 1 is 1.44 bits per heavy atom. The number of ether oxygens (including phenoxy) is 2. The maximum atomic E-state index is 11.8. The third-order valence-electron chi connectivity index (χ3n) is 2.34. The van der Waals surface area contributed by atoms with Crippen molar-refractivity contribution in [3.8, 4) is 0 Å². The zero-order valence-corrected chi connectivity index (χ0v) is 11.0. The molecule has 0 saturated heterocycles. The summed E-state index contributed by atoms with van der Waals surface area (Å²) in [6, 6.07) is 0. The molecule has 0 aliphatic heterocycles. The molecular weight excluding hydrogens is 238 g/mol. The Kier molecular flexibility index (Phi) is 9.99. The molecule has 0 saturated carbocycles. The van der Waals surface area contributed by atoms with Gasteiger partial charge in [0.15, 0.2) is 5.84 Å². The van der Waals surface area contributed by atoms with Gasteiger partial charge in [-0.2, -0.15) is 0 Å². The summed E-state index contributed by atoms with van der Waals surface area (Å²) in [6.07, 6.45) is 1.32. The van der Waals surface area contributed by atoms with E-state index in [1.807, 2.05) is 6.92 Å². The number of oxime groups is 1. The van der Waals surface area contributed by atoms with E-state index in [0.29, 0.717) is 32.8 Å². The van der Waals surface area contributed by atoms with E-state index in [1.54, 1.807) is 7.11 Å². The molecule has 18 heavy (non-hydrogen) atoms. The highest BCUT2D eigenvalue weighted by atomic mass is 16.5. The number of amides is 1. The van der Waals surface area contributed by atoms with Crippen LogP contribution in [-0.2, 0) is 14.3 Å². The third-order valence-corrected chi connectivity index (χ3v) is 2.34. The summed E-state index contributed by atoms with van der Waals surface area (Å²) in [4.78, 5) is 11.8. The number of amidine groups is 1. The highest BCUT2D eigenvalue weighted by Crippen LogP contribution is 2.06. The summed E-state index contributed by atoms with van der Waals surface area (Å²) in [7, 11) is 1.59. The molecule has 7 nitrogen and oxygen atoms in total. The first-order valence-electron chi connectivity index (χ1n) is 5.99. The predicted octanol–water partition coefficient (Wildman–Crippen LogP) is -0.0717. The summed E-state index contributed by atoms with van der Waals surface area (Å²) in [5.74, 6) is -0.892. The van der Waals surface area contributed by atoms with Gasteiger partial charge in [-0.1, -0.05) is 18.5 Å². The highest BCUT2D eigenvalue weighted by Gasteiger charge is 2.21. The lowest BCUT2D eigenvalue weighted by atomic mass is 10.0. The lowest BCUT2D eigenvalue weighted by molar-refractivity contribution is -0.123. The summed E-state index contributed by atoms with van der Waals surface area (Å²) in [5.41, 5.74) is 5.47. The van der Waals surface area contributed by atoms with Gasteiger partial charge in [0.1, 0.15) is 0 Å². The van der Waals surface area contributed by atoms with E-state index in [-0.39, 0.29) is 11.7 Å². The predicted molar refractivity (Wildman–Crippen MR) is 67.5 cm³/mol. The van der Waals surface area contributed by atoms with Crippen LogP contribution in [0.5, 0.6) is 0 Å². The molecule has 0 aromatic carbocycles. The number of nitrogens with one attached hydrogen (secondary N) is 1. The first kappa shape index (κ1) is 16.7. The number of methoxy groups -OCH3 is 1. The monoisotopic (exact) mass is 261 g/mol. The van der Waals surface area contributed by atoms with Crippen molar-refractivity contribution < 1.29 is 19.5 Å². The third kappa shape index (κ3) is 7.08. The van der Waals surface area contributed by atoms with Crippen molar-refractivity contribution >= 4 is 11.7 Å². The van der Waals surface area contributed by atoms with Gasteiger partial charge in [-0.05, 0) is 6.42 Å². The van der Waals surface area contributed by atoms with Gasteiger partial charge in [-0.3, -0.25) is 4.79 Å². The molecular formula is C11H23N3O4. The van der Waals surface area contributed by atoms with E-state index in [2.05, 4.69) is 10.5 Å². The van der Waals surface area contributed by atoms with E-state index < -0.39 is 5.92 Å². The molecule has 0 radical (unpaired) electrons. The molecule has 0 aromatic heterocycles. The van der Waals surface area contributed by atoms with Crippen molar-refractivity contribution in [2.24, 2.45) is 16.8 Å². The van der Waals surface area contributed by atoms with E-state index in [0.717, 1.165) is 6.42 Å². The van der Waals surface area contributed by atoms with Gasteiger partial charge in [0, 0.05) is 13.7 Å². The Balaban J connectivity index is 3.89. The summed E-state index contributed by atoms with van der Waals surface area (Å²) >= 11 is 0. The molecule has 0 fully saturated rings. The topological polar surface area (TPSA) is 106 Å². The zero-order valence-electron chi connectivity index (χ0n) is 11.0. The smallest absolute Gasteiger partial charge is 0.230 e. The molecule has 0 aromatic rings. The molecule has 1 atom stereocenters. The number of nitrogens with zero attached hydrogens (tertiary/aromatic N) is 1. The number of nitrogens with two attached hydrogens (primary N) is 1. The van der Waals surface area contributed by atoms with Crippen LogP contribution in [-0.4, -0.2) is 50.4 Å². The minimum Gasteiger partial charge on any atom is -0.409 e. The molecule has 106 valence electrons. The zero-order chi connectivity index (χ0) is 13.8. The molecule has 0 rings (SSSR count). The Hall–Kier alpha value is -1.34. The summed E-state index contributed by atoms with van der Waals surface area (Å²) < 4.78 is 10.0. The molecule has 0 aliphatic carbocycles. The van der Waals surface area contributed by atoms with Crippen LogP contribution in [0.3, 0.4) is 0 Å². The number of carbonyl (C=O) groups is 1. The minimum atomic E-state index is -0.584. The van der Waals surface area contributed by atoms with Crippen LogP contribution in [0.2, 0.25) is 0 Å². The normalized spacial score (nSPS) is 13.3. The molecule has 0 heterocycles. The second kappa shape index (κ2) is 10.8. The quantitative estimate of drug-likeness (QED) is 0.168. The van der Waals surface area contributed by atoms with E-state index in [4.69, 9.17) is 20.4 Å². The summed E-state index contributed by atoms with van der Waals surface area (Å²) in [6.45, 7) is 3.74. The van der Waals surface area contributed by atoms with Crippen molar-refractivity contribution in [3.05, 3.63) is 0 Å². The van der Waals surface area contributed by atoms with Crippen LogP contribution in [0.4, 0.5) is 0 Å². The van der Waals surface area contributed by atoms with Gasteiger partial charge in [-0.15, -0.1) is 0 Å². The lowest BCUT2D eigenvalue weighted by Crippen LogP contribution is -2.40. The van der Waals surface area contributed by atoms with Crippen LogP contribution in [0, 0.1) is 5.92 Å². The fourth-order valence-corrected chi connectivity index (χ4v) is 1.39. The standard InChI is InChI=1S/C11H23N3O4/c1-3-4-9(10(12)14-16)11(15)13-5-6-18-8-7-17-2/h9,16H,3-8H2,1-2H3,(H2,12,14)(H,13,15). The van der Waals surface area contributed by atoms with Crippen molar-refractivity contribution in [3.63, 3.8) is 0 Å². The van der Waals surface area contributed by atoms with Crippen molar-refractivity contribution in [1.82, 2.24) is 5.32 Å². The maximum Gasteiger partial charge on any atom is 0.230 e. The van der Waals surface area contributed by atoms with Gasteiger partial charge >= 0.3 is 0 Å². The van der Waals surface area contributed by atoms with Gasteiger partial charge in [0.05, 0.1) is 25.7 Å². The average molecular weight is 261 g/mol. The number of rotatable bonds is 10. The molecule has 1 amide bonds. The Labute approximate surface area is 107 Å². The van der Waals surface area contributed by atoms with Crippen LogP contribution >= 0.6 is 0 Å². The van der Waals surface area contributed by atoms with Gasteiger partial charge in [0.2, 0.25) is 5.91 Å². The molecule has 4 N–H and O–H groups in total. The highest BCUT2D eigenvalue weighted by molar-refractivity contribution is 6.01. The molecule has 0 aliphatic rings. The van der Waals surface area contributed by atoms with E-state index in [9.17, 15) is 4.79 Å². The molecule has 0 bridgehead atoms. The van der Waals surface area contributed by atoms with Crippen LogP contribution in [0.15, 0.2) is 5.16 Å². The van der Waals surface area contributed by atoms with E-state index in [1.165, 1.54) is 0 Å². The molecule has 0 spiro atoms. The fourth-order valence-electron chi connectivity index (χ4n) is 1.39. The fraction of sp³-hybridized carbons (Fsp3) is 0.818. The van der Waals surface area contributed by atoms with Crippen LogP contribution in [0.25, 0.3) is 0 Å². The van der Waals surface area contributed by atoms with Gasteiger partial charge in [0.25, 0.3) is 0 Å². The maximum absolute atomic E-state index is 11.8. The number of carbonyl (C=O) groups excluding carboxylic acids is 1. The lowest BCUT2D eigenvalue weighted by Gasteiger charge is -2.14.